The van der Waals surface area contributed by atoms with Gasteiger partial charge in [0.1, 0.15) is 0 Å². The summed E-state index contributed by atoms with van der Waals surface area (Å²) in [6.07, 6.45) is 2.18. The van der Waals surface area contributed by atoms with Crippen molar-refractivity contribution in [2.75, 3.05) is 13.2 Å². The number of hydrogen-bond acceptors (Lipinski definition) is 3. The van der Waals surface area contributed by atoms with Crippen molar-refractivity contribution in [1.82, 2.24) is 0 Å². The van der Waals surface area contributed by atoms with Crippen LogP contribution in [0.2, 0.25) is 0 Å². The van der Waals surface area contributed by atoms with Crippen LogP contribution in [-0.2, 0) is 0 Å². The van der Waals surface area contributed by atoms with Gasteiger partial charge >= 0.3 is 0 Å². The van der Waals surface area contributed by atoms with Gasteiger partial charge in [0.25, 0.3) is 0 Å². The minimum Gasteiger partial charge on any atom is -0.396 e. The highest BCUT2D eigenvalue weighted by Gasteiger charge is 1.98. The molecule has 0 heterocycles. The van der Waals surface area contributed by atoms with Gasteiger partial charge in [0.2, 0.25) is 0 Å². The van der Waals surface area contributed by atoms with Crippen LogP contribution in [0, 0.1) is 0 Å². The number of rotatable bonds is 5. The Bertz CT molecular complexity index is 59.0. The molecule has 0 aromatic rings. The second kappa shape index (κ2) is 6.01. The molecule has 3 nitrogen and oxygen atoms in total. The largest absolute Gasteiger partial charge is 0.396 e. The summed E-state index contributed by atoms with van der Waals surface area (Å²) < 4.78 is 0. The lowest BCUT2D eigenvalue weighted by atomic mass is 10.1. The van der Waals surface area contributed by atoms with Crippen LogP contribution >= 0.6 is 0 Å². The van der Waals surface area contributed by atoms with E-state index in [1.807, 2.05) is 0 Å². The van der Waals surface area contributed by atoms with Gasteiger partial charge in [-0.1, -0.05) is 0 Å². The third-order valence-corrected chi connectivity index (χ3v) is 1.23. The Morgan fingerprint density at radius 1 is 1.11 bits per heavy atom. The van der Waals surface area contributed by atoms with Crippen molar-refractivity contribution in [3.63, 3.8) is 0 Å². The maximum Gasteiger partial charge on any atom is 0.0445 e. The summed E-state index contributed by atoms with van der Waals surface area (Å²) in [6.45, 7) is 0.339. The van der Waals surface area contributed by atoms with Gasteiger partial charge in [0, 0.05) is 19.3 Å². The first-order chi connectivity index (χ1) is 4.31. The second-order valence-electron chi connectivity index (χ2n) is 2.14. The Morgan fingerprint density at radius 2 is 1.78 bits per heavy atom. The van der Waals surface area contributed by atoms with Crippen molar-refractivity contribution in [3.05, 3.63) is 0 Å². The molecule has 0 aromatic heterocycles. The molecule has 9 heavy (non-hydrogen) atoms. The molecule has 56 valence electrons. The van der Waals surface area contributed by atoms with E-state index >= 15 is 0 Å². The Morgan fingerprint density at radius 3 is 2.22 bits per heavy atom. The van der Waals surface area contributed by atoms with Crippen molar-refractivity contribution in [2.24, 2.45) is 5.73 Å². The Labute approximate surface area is 55.5 Å². The van der Waals surface area contributed by atoms with Crippen LogP contribution in [0.5, 0.6) is 0 Å². The normalized spacial score (nSPS) is 13.7. The fourth-order valence-corrected chi connectivity index (χ4v) is 0.664. The van der Waals surface area contributed by atoms with Crippen LogP contribution in [-0.4, -0.2) is 29.5 Å². The second-order valence-corrected chi connectivity index (χ2v) is 2.14. The van der Waals surface area contributed by atoms with Gasteiger partial charge in [-0.25, -0.2) is 0 Å². The predicted octanol–water partition coefficient (Wildman–Crippen LogP) is -0.531. The predicted molar refractivity (Wildman–Crippen MR) is 36.0 cm³/mol. The lowest BCUT2D eigenvalue weighted by Gasteiger charge is -2.06. The molecule has 0 aromatic carbocycles. The molecule has 0 bridgehead atoms. The lowest BCUT2D eigenvalue weighted by Crippen LogP contribution is -2.21. The molecule has 0 rings (SSSR count). The van der Waals surface area contributed by atoms with E-state index < -0.39 is 0 Å². The minimum atomic E-state index is 0.0575. The first-order valence-electron chi connectivity index (χ1n) is 3.28. The molecule has 0 saturated heterocycles. The standard InChI is InChI=1S/C6H15NO2/c7-6(3-5-9)2-1-4-8/h6,8-9H,1-5,7H2. The summed E-state index contributed by atoms with van der Waals surface area (Å²) in [5, 5.41) is 16.8. The van der Waals surface area contributed by atoms with Crippen LogP contribution in [0.4, 0.5) is 0 Å². The van der Waals surface area contributed by atoms with Gasteiger partial charge in [-0.2, -0.15) is 0 Å². The minimum absolute atomic E-state index is 0.0575. The molecular weight excluding hydrogens is 118 g/mol. The zero-order valence-electron chi connectivity index (χ0n) is 5.58. The first kappa shape index (κ1) is 8.88. The van der Waals surface area contributed by atoms with E-state index in [2.05, 4.69) is 0 Å². The molecule has 0 amide bonds. The van der Waals surface area contributed by atoms with Crippen molar-refractivity contribution in [2.45, 2.75) is 25.3 Å². The highest BCUT2D eigenvalue weighted by atomic mass is 16.3. The molecule has 1 unspecified atom stereocenters. The van der Waals surface area contributed by atoms with E-state index in [-0.39, 0.29) is 19.3 Å². The summed E-state index contributed by atoms with van der Waals surface area (Å²) in [4.78, 5) is 0. The number of hydrogen-bond donors (Lipinski definition) is 3. The summed E-state index contributed by atoms with van der Waals surface area (Å²) in [7, 11) is 0. The quantitative estimate of drug-likeness (QED) is 0.472. The van der Waals surface area contributed by atoms with Gasteiger partial charge < -0.3 is 15.9 Å². The van der Waals surface area contributed by atoms with Crippen LogP contribution in [0.3, 0.4) is 0 Å². The number of aliphatic hydroxyl groups is 2. The van der Waals surface area contributed by atoms with Crippen LogP contribution in [0.1, 0.15) is 19.3 Å². The van der Waals surface area contributed by atoms with Gasteiger partial charge in [0.15, 0.2) is 0 Å². The zero-order chi connectivity index (χ0) is 7.11. The lowest BCUT2D eigenvalue weighted by molar-refractivity contribution is 0.254. The Kier molecular flexibility index (Phi) is 5.93. The summed E-state index contributed by atoms with van der Waals surface area (Å²) in [5.41, 5.74) is 5.50. The maximum absolute atomic E-state index is 8.39. The van der Waals surface area contributed by atoms with E-state index in [9.17, 15) is 0 Å². The van der Waals surface area contributed by atoms with E-state index in [1.54, 1.807) is 0 Å². The van der Waals surface area contributed by atoms with Crippen molar-refractivity contribution in [1.29, 1.82) is 0 Å². The highest BCUT2D eigenvalue weighted by Crippen LogP contribution is 1.96. The van der Waals surface area contributed by atoms with Crippen molar-refractivity contribution in [3.8, 4) is 0 Å². The topological polar surface area (TPSA) is 66.5 Å². The average Bonchev–Trinajstić information content (AvgIpc) is 1.85. The third-order valence-electron chi connectivity index (χ3n) is 1.23. The summed E-state index contributed by atoms with van der Waals surface area (Å²) in [6, 6.07) is 0.0575. The molecular formula is C6H15NO2. The SMILES string of the molecule is NC(CCO)CCCO. The molecule has 4 N–H and O–H groups in total. The molecule has 0 saturated carbocycles. The fourth-order valence-electron chi connectivity index (χ4n) is 0.664. The van der Waals surface area contributed by atoms with Crippen LogP contribution in [0.25, 0.3) is 0 Å². The molecule has 0 radical (unpaired) electrons. The molecule has 0 aliphatic carbocycles. The number of nitrogens with two attached hydrogens (primary N) is 1. The van der Waals surface area contributed by atoms with Gasteiger partial charge in [-0.05, 0) is 19.3 Å². The van der Waals surface area contributed by atoms with Gasteiger partial charge in [-0.3, -0.25) is 0 Å². The van der Waals surface area contributed by atoms with E-state index in [0.29, 0.717) is 6.42 Å². The molecule has 0 aliphatic heterocycles. The van der Waals surface area contributed by atoms with E-state index in [4.69, 9.17) is 15.9 Å². The highest BCUT2D eigenvalue weighted by molar-refractivity contribution is 4.58. The average molecular weight is 133 g/mol. The Balaban J connectivity index is 2.95. The molecule has 0 fully saturated rings. The Hall–Kier alpha value is -0.120. The van der Waals surface area contributed by atoms with Gasteiger partial charge in [-0.15, -0.1) is 0 Å². The molecule has 1 atom stereocenters. The van der Waals surface area contributed by atoms with Crippen LogP contribution < -0.4 is 5.73 Å². The van der Waals surface area contributed by atoms with Crippen LogP contribution in [0.15, 0.2) is 0 Å². The van der Waals surface area contributed by atoms with E-state index in [1.165, 1.54) is 0 Å². The molecule has 0 aliphatic rings. The van der Waals surface area contributed by atoms with Gasteiger partial charge in [0.05, 0.1) is 0 Å². The first-order valence-corrected chi connectivity index (χ1v) is 3.28. The fraction of sp³-hybridized carbons (Fsp3) is 1.00. The third kappa shape index (κ3) is 5.76. The summed E-state index contributed by atoms with van der Waals surface area (Å²) in [5.74, 6) is 0. The van der Waals surface area contributed by atoms with Crippen molar-refractivity contribution < 1.29 is 10.2 Å². The monoisotopic (exact) mass is 133 g/mol. The molecule has 0 spiro atoms. The molecule has 3 heteroatoms. The smallest absolute Gasteiger partial charge is 0.0445 e. The summed E-state index contributed by atoms with van der Waals surface area (Å²) >= 11 is 0. The van der Waals surface area contributed by atoms with E-state index in [0.717, 1.165) is 12.8 Å². The number of aliphatic hydroxyl groups excluding tert-OH is 2. The maximum atomic E-state index is 8.39. The van der Waals surface area contributed by atoms with Crippen molar-refractivity contribution >= 4 is 0 Å². The zero-order valence-corrected chi connectivity index (χ0v) is 5.58.